The first-order chi connectivity index (χ1) is 9.88. The van der Waals surface area contributed by atoms with Gasteiger partial charge in [0.05, 0.1) is 5.69 Å². The Hall–Kier alpha value is -2.07. The molecule has 4 nitrogen and oxygen atoms in total. The van der Waals surface area contributed by atoms with Crippen molar-refractivity contribution in [1.82, 2.24) is 14.8 Å². The summed E-state index contributed by atoms with van der Waals surface area (Å²) in [6.07, 6.45) is 5.65. The van der Waals surface area contributed by atoms with E-state index >= 15 is 0 Å². The number of fused-ring (bicyclic) bond motifs is 2. The smallest absolute Gasteiger partial charge is 0.0842 e. The molecule has 0 spiro atoms. The molecule has 0 bridgehead atoms. The maximum atomic E-state index is 5.93. The Morgan fingerprint density at radius 2 is 2.15 bits per heavy atom. The Morgan fingerprint density at radius 1 is 1.25 bits per heavy atom. The molecule has 2 aromatic heterocycles. The second kappa shape index (κ2) is 4.49. The lowest BCUT2D eigenvalue weighted by Crippen LogP contribution is -2.11. The SMILES string of the molecule is NCc1nn2c(c1-c1c[nH]c3ccccc13)CCCC2. The van der Waals surface area contributed by atoms with Crippen LogP contribution in [0.3, 0.4) is 0 Å². The quantitative estimate of drug-likeness (QED) is 0.749. The summed E-state index contributed by atoms with van der Waals surface area (Å²) in [7, 11) is 0. The highest BCUT2D eigenvalue weighted by atomic mass is 15.3. The number of nitrogens with one attached hydrogen (secondary N) is 1. The first-order valence-electron chi connectivity index (χ1n) is 7.23. The van der Waals surface area contributed by atoms with Crippen LogP contribution in [0.25, 0.3) is 22.0 Å². The van der Waals surface area contributed by atoms with Crippen molar-refractivity contribution in [3.05, 3.63) is 41.9 Å². The van der Waals surface area contributed by atoms with Gasteiger partial charge in [-0.05, 0) is 25.3 Å². The van der Waals surface area contributed by atoms with Crippen molar-refractivity contribution in [2.24, 2.45) is 5.73 Å². The van der Waals surface area contributed by atoms with Crippen LogP contribution < -0.4 is 5.73 Å². The van der Waals surface area contributed by atoms with Crippen molar-refractivity contribution in [2.75, 3.05) is 0 Å². The van der Waals surface area contributed by atoms with E-state index in [1.54, 1.807) is 0 Å². The molecular weight excluding hydrogens is 248 g/mol. The van der Waals surface area contributed by atoms with Gasteiger partial charge in [0.25, 0.3) is 0 Å². The number of hydrogen-bond acceptors (Lipinski definition) is 2. The van der Waals surface area contributed by atoms with Crippen molar-refractivity contribution in [3.63, 3.8) is 0 Å². The molecule has 0 fully saturated rings. The number of rotatable bonds is 2. The van der Waals surface area contributed by atoms with Crippen LogP contribution in [-0.4, -0.2) is 14.8 Å². The van der Waals surface area contributed by atoms with Gasteiger partial charge in [0.15, 0.2) is 0 Å². The minimum absolute atomic E-state index is 0.495. The van der Waals surface area contributed by atoms with Crippen LogP contribution in [-0.2, 0) is 19.5 Å². The van der Waals surface area contributed by atoms with Crippen LogP contribution in [0.4, 0.5) is 0 Å². The first-order valence-corrected chi connectivity index (χ1v) is 7.23. The highest BCUT2D eigenvalue weighted by Crippen LogP contribution is 2.35. The van der Waals surface area contributed by atoms with Crippen LogP contribution in [0.15, 0.2) is 30.5 Å². The van der Waals surface area contributed by atoms with Gasteiger partial charge < -0.3 is 10.7 Å². The van der Waals surface area contributed by atoms with Crippen LogP contribution in [0, 0.1) is 0 Å². The van der Waals surface area contributed by atoms with E-state index < -0.39 is 0 Å². The van der Waals surface area contributed by atoms with Gasteiger partial charge in [-0.25, -0.2) is 0 Å². The monoisotopic (exact) mass is 266 g/mol. The van der Waals surface area contributed by atoms with E-state index in [-0.39, 0.29) is 0 Å². The Morgan fingerprint density at radius 3 is 3.05 bits per heavy atom. The van der Waals surface area contributed by atoms with Gasteiger partial charge in [0.1, 0.15) is 0 Å². The molecule has 1 aliphatic rings. The Kier molecular flexibility index (Phi) is 2.63. The van der Waals surface area contributed by atoms with Gasteiger partial charge in [0, 0.05) is 47.0 Å². The maximum Gasteiger partial charge on any atom is 0.0842 e. The third kappa shape index (κ3) is 1.61. The molecule has 102 valence electrons. The Balaban J connectivity index is 1.99. The minimum atomic E-state index is 0.495. The lowest BCUT2D eigenvalue weighted by Gasteiger charge is -2.14. The zero-order valence-corrected chi connectivity index (χ0v) is 11.4. The number of aromatic nitrogens is 3. The summed E-state index contributed by atoms with van der Waals surface area (Å²) >= 11 is 0. The van der Waals surface area contributed by atoms with Crippen LogP contribution >= 0.6 is 0 Å². The molecular formula is C16H18N4. The number of para-hydroxylation sites is 1. The standard InChI is InChI=1S/C16H18N4/c17-9-14-16(15-7-3-4-8-20(15)19-14)12-10-18-13-6-2-1-5-11(12)13/h1-2,5-6,10,18H,3-4,7-9,17H2. The fourth-order valence-electron chi connectivity index (χ4n) is 3.28. The van der Waals surface area contributed by atoms with Crippen LogP contribution in [0.5, 0.6) is 0 Å². The molecule has 0 atom stereocenters. The summed E-state index contributed by atoms with van der Waals surface area (Å²) in [5.41, 5.74) is 12.0. The Labute approximate surface area is 117 Å². The molecule has 0 saturated carbocycles. The summed E-state index contributed by atoms with van der Waals surface area (Å²) in [6.45, 7) is 1.51. The van der Waals surface area contributed by atoms with Gasteiger partial charge in [-0.15, -0.1) is 0 Å². The molecule has 0 amide bonds. The molecule has 1 aliphatic heterocycles. The van der Waals surface area contributed by atoms with Crippen molar-refractivity contribution in [2.45, 2.75) is 32.4 Å². The summed E-state index contributed by atoms with van der Waals surface area (Å²) in [4.78, 5) is 3.36. The van der Waals surface area contributed by atoms with E-state index in [0.717, 1.165) is 18.7 Å². The molecule has 3 N–H and O–H groups in total. The number of nitrogens with zero attached hydrogens (tertiary/aromatic N) is 2. The summed E-state index contributed by atoms with van der Waals surface area (Å²) in [5, 5.41) is 5.96. The maximum absolute atomic E-state index is 5.93. The van der Waals surface area contributed by atoms with Gasteiger partial charge in [0.2, 0.25) is 0 Å². The second-order valence-corrected chi connectivity index (χ2v) is 5.40. The van der Waals surface area contributed by atoms with Crippen LogP contribution in [0.2, 0.25) is 0 Å². The van der Waals surface area contributed by atoms with Crippen molar-refractivity contribution in [3.8, 4) is 11.1 Å². The number of nitrogens with two attached hydrogens (primary N) is 1. The molecule has 3 heterocycles. The fraction of sp³-hybridized carbons (Fsp3) is 0.312. The molecule has 0 aliphatic carbocycles. The molecule has 0 saturated heterocycles. The fourth-order valence-corrected chi connectivity index (χ4v) is 3.28. The van der Waals surface area contributed by atoms with E-state index in [1.165, 1.54) is 40.6 Å². The van der Waals surface area contributed by atoms with Crippen molar-refractivity contribution < 1.29 is 0 Å². The van der Waals surface area contributed by atoms with Gasteiger partial charge in [-0.2, -0.15) is 5.10 Å². The minimum Gasteiger partial charge on any atom is -0.361 e. The molecule has 1 aromatic carbocycles. The lowest BCUT2D eigenvalue weighted by atomic mass is 9.98. The van der Waals surface area contributed by atoms with E-state index in [2.05, 4.69) is 40.1 Å². The topological polar surface area (TPSA) is 59.6 Å². The van der Waals surface area contributed by atoms with Crippen molar-refractivity contribution in [1.29, 1.82) is 0 Å². The van der Waals surface area contributed by atoms with Crippen LogP contribution in [0.1, 0.15) is 24.2 Å². The average molecular weight is 266 g/mol. The third-order valence-electron chi connectivity index (χ3n) is 4.22. The van der Waals surface area contributed by atoms with Gasteiger partial charge >= 0.3 is 0 Å². The molecule has 20 heavy (non-hydrogen) atoms. The zero-order valence-electron chi connectivity index (χ0n) is 11.4. The molecule has 4 rings (SSSR count). The molecule has 4 heteroatoms. The van der Waals surface area contributed by atoms with Gasteiger partial charge in [-0.1, -0.05) is 18.2 Å². The van der Waals surface area contributed by atoms with E-state index in [4.69, 9.17) is 10.8 Å². The van der Waals surface area contributed by atoms with E-state index in [0.29, 0.717) is 6.54 Å². The highest BCUT2D eigenvalue weighted by molar-refractivity contribution is 5.96. The van der Waals surface area contributed by atoms with E-state index in [1.807, 2.05) is 0 Å². The van der Waals surface area contributed by atoms with Crippen molar-refractivity contribution >= 4 is 10.9 Å². The summed E-state index contributed by atoms with van der Waals surface area (Å²) in [5.74, 6) is 0. The van der Waals surface area contributed by atoms with E-state index in [9.17, 15) is 0 Å². The average Bonchev–Trinajstić information content (AvgIpc) is 3.07. The largest absolute Gasteiger partial charge is 0.361 e. The summed E-state index contributed by atoms with van der Waals surface area (Å²) < 4.78 is 2.16. The number of H-pyrrole nitrogens is 1. The first kappa shape index (κ1) is 11.7. The highest BCUT2D eigenvalue weighted by Gasteiger charge is 2.22. The number of hydrogen-bond donors (Lipinski definition) is 2. The second-order valence-electron chi connectivity index (χ2n) is 5.40. The normalized spacial score (nSPS) is 14.7. The lowest BCUT2D eigenvalue weighted by molar-refractivity contribution is 0.484. The predicted molar refractivity (Wildman–Crippen MR) is 80.3 cm³/mol. The van der Waals surface area contributed by atoms with Gasteiger partial charge in [-0.3, -0.25) is 4.68 Å². The molecule has 3 aromatic rings. The zero-order chi connectivity index (χ0) is 13.5. The Bertz CT molecular complexity index is 766. The number of aryl methyl sites for hydroxylation is 1. The molecule has 0 radical (unpaired) electrons. The number of aromatic amines is 1. The third-order valence-corrected chi connectivity index (χ3v) is 4.22. The molecule has 0 unspecified atom stereocenters. The number of benzene rings is 1. The summed E-state index contributed by atoms with van der Waals surface area (Å²) in [6, 6.07) is 8.41. The predicted octanol–water partition coefficient (Wildman–Crippen LogP) is 2.83.